The van der Waals surface area contributed by atoms with Gasteiger partial charge in [-0.1, -0.05) is 36.8 Å². The van der Waals surface area contributed by atoms with Gasteiger partial charge in [0.2, 0.25) is 0 Å². The van der Waals surface area contributed by atoms with Gasteiger partial charge in [-0.05, 0) is 64.2 Å². The summed E-state index contributed by atoms with van der Waals surface area (Å²) in [5.74, 6) is 0. The van der Waals surface area contributed by atoms with Gasteiger partial charge in [-0.25, -0.2) is 0 Å². The van der Waals surface area contributed by atoms with Crippen LogP contribution in [0.25, 0.3) is 0 Å². The first-order valence-electron chi connectivity index (χ1n) is 8.85. The largest absolute Gasteiger partial charge is 0.303 e. The molecule has 2 heterocycles. The molecule has 0 N–H and O–H groups in total. The van der Waals surface area contributed by atoms with Gasteiger partial charge in [0.05, 0.1) is 0 Å². The fourth-order valence-electron chi connectivity index (χ4n) is 4.07. The van der Waals surface area contributed by atoms with Gasteiger partial charge in [0.15, 0.2) is 0 Å². The smallest absolute Gasteiger partial charge is 0.0122 e. The van der Waals surface area contributed by atoms with Crippen LogP contribution in [0.5, 0.6) is 0 Å². The molecule has 1 aromatic carbocycles. The van der Waals surface area contributed by atoms with Crippen molar-refractivity contribution in [1.82, 2.24) is 9.80 Å². The molecule has 0 radical (unpaired) electrons. The summed E-state index contributed by atoms with van der Waals surface area (Å²) in [7, 11) is 0. The summed E-state index contributed by atoms with van der Waals surface area (Å²) in [5, 5.41) is 0. The predicted octanol–water partition coefficient (Wildman–Crippen LogP) is 3.57. The Hall–Kier alpha value is -0.860. The van der Waals surface area contributed by atoms with E-state index in [1.54, 1.807) is 0 Å². The molecule has 21 heavy (non-hydrogen) atoms. The number of benzene rings is 1. The third-order valence-corrected chi connectivity index (χ3v) is 5.44. The van der Waals surface area contributed by atoms with Crippen LogP contribution in [0.1, 0.15) is 44.6 Å². The third-order valence-electron chi connectivity index (χ3n) is 5.44. The van der Waals surface area contributed by atoms with E-state index in [0.29, 0.717) is 0 Å². The van der Waals surface area contributed by atoms with Crippen molar-refractivity contribution in [1.29, 1.82) is 0 Å². The van der Waals surface area contributed by atoms with E-state index in [1.807, 2.05) is 0 Å². The second-order valence-corrected chi connectivity index (χ2v) is 6.89. The molecule has 0 aromatic heterocycles. The summed E-state index contributed by atoms with van der Waals surface area (Å²) in [5.41, 5.74) is 1.48. The van der Waals surface area contributed by atoms with Crippen molar-refractivity contribution < 1.29 is 0 Å². The average Bonchev–Trinajstić information content (AvgIpc) is 2.55. The molecular formula is C19H30N2. The Bertz CT molecular complexity index is 409. The summed E-state index contributed by atoms with van der Waals surface area (Å²) in [6, 6.07) is 12.6. The molecule has 2 nitrogen and oxygen atoms in total. The van der Waals surface area contributed by atoms with E-state index in [9.17, 15) is 0 Å². The van der Waals surface area contributed by atoms with Gasteiger partial charge < -0.3 is 4.90 Å². The SMILES string of the molecule is C[C@@H]1CCCCN1C1CCN(CCc2ccccc2)CC1. The van der Waals surface area contributed by atoms with E-state index in [1.165, 1.54) is 70.3 Å². The fourth-order valence-corrected chi connectivity index (χ4v) is 4.07. The lowest BCUT2D eigenvalue weighted by atomic mass is 9.96. The van der Waals surface area contributed by atoms with E-state index in [-0.39, 0.29) is 0 Å². The van der Waals surface area contributed by atoms with Crippen LogP contribution < -0.4 is 0 Å². The summed E-state index contributed by atoms with van der Waals surface area (Å²) < 4.78 is 0. The molecule has 0 aliphatic carbocycles. The van der Waals surface area contributed by atoms with Gasteiger partial charge in [-0.2, -0.15) is 0 Å². The van der Waals surface area contributed by atoms with Crippen LogP contribution in [0.4, 0.5) is 0 Å². The minimum atomic E-state index is 0.819. The second kappa shape index (κ2) is 7.42. The maximum Gasteiger partial charge on any atom is 0.0122 e. The zero-order valence-electron chi connectivity index (χ0n) is 13.5. The monoisotopic (exact) mass is 286 g/mol. The van der Waals surface area contributed by atoms with Gasteiger partial charge in [-0.15, -0.1) is 0 Å². The van der Waals surface area contributed by atoms with E-state index in [2.05, 4.69) is 47.1 Å². The lowest BCUT2D eigenvalue weighted by Crippen LogP contribution is -2.50. The van der Waals surface area contributed by atoms with Gasteiger partial charge in [-0.3, -0.25) is 4.90 Å². The first kappa shape index (κ1) is 15.1. The molecule has 0 spiro atoms. The second-order valence-electron chi connectivity index (χ2n) is 6.89. The van der Waals surface area contributed by atoms with E-state index < -0.39 is 0 Å². The van der Waals surface area contributed by atoms with E-state index in [0.717, 1.165) is 12.1 Å². The van der Waals surface area contributed by atoms with Crippen molar-refractivity contribution in [2.45, 2.75) is 57.5 Å². The molecule has 116 valence electrons. The zero-order chi connectivity index (χ0) is 14.5. The maximum atomic E-state index is 2.80. The van der Waals surface area contributed by atoms with Crippen LogP contribution in [0.2, 0.25) is 0 Å². The van der Waals surface area contributed by atoms with Gasteiger partial charge in [0.1, 0.15) is 0 Å². The zero-order valence-corrected chi connectivity index (χ0v) is 13.5. The number of likely N-dealkylation sites (tertiary alicyclic amines) is 2. The quantitative estimate of drug-likeness (QED) is 0.835. The maximum absolute atomic E-state index is 2.80. The van der Waals surface area contributed by atoms with Crippen molar-refractivity contribution in [3.05, 3.63) is 35.9 Å². The predicted molar refractivity (Wildman–Crippen MR) is 89.6 cm³/mol. The normalized spacial score (nSPS) is 26.0. The first-order chi connectivity index (χ1) is 10.3. The summed E-state index contributed by atoms with van der Waals surface area (Å²) in [6.45, 7) is 7.59. The molecule has 1 atom stereocenters. The van der Waals surface area contributed by atoms with Gasteiger partial charge >= 0.3 is 0 Å². The minimum Gasteiger partial charge on any atom is -0.303 e. The highest BCUT2D eigenvalue weighted by Gasteiger charge is 2.28. The summed E-state index contributed by atoms with van der Waals surface area (Å²) in [6.07, 6.45) is 8.21. The fraction of sp³-hybridized carbons (Fsp3) is 0.684. The summed E-state index contributed by atoms with van der Waals surface area (Å²) in [4.78, 5) is 5.47. The average molecular weight is 286 g/mol. The Labute approximate surface area is 130 Å². The Balaban J connectivity index is 1.42. The molecule has 0 bridgehead atoms. The van der Waals surface area contributed by atoms with Crippen molar-refractivity contribution in [3.63, 3.8) is 0 Å². The Morgan fingerprint density at radius 1 is 0.952 bits per heavy atom. The number of rotatable bonds is 4. The van der Waals surface area contributed by atoms with Crippen molar-refractivity contribution in [2.75, 3.05) is 26.2 Å². The van der Waals surface area contributed by atoms with Crippen LogP contribution in [0.15, 0.2) is 30.3 Å². The topological polar surface area (TPSA) is 6.48 Å². The number of piperidine rings is 2. The molecule has 2 heteroatoms. The van der Waals surface area contributed by atoms with Crippen molar-refractivity contribution in [3.8, 4) is 0 Å². The van der Waals surface area contributed by atoms with Crippen LogP contribution in [-0.4, -0.2) is 48.1 Å². The van der Waals surface area contributed by atoms with E-state index >= 15 is 0 Å². The van der Waals surface area contributed by atoms with Crippen LogP contribution >= 0.6 is 0 Å². The highest BCUT2D eigenvalue weighted by Crippen LogP contribution is 2.25. The number of hydrogen-bond acceptors (Lipinski definition) is 2. The van der Waals surface area contributed by atoms with Crippen molar-refractivity contribution in [2.24, 2.45) is 0 Å². The number of hydrogen-bond donors (Lipinski definition) is 0. The van der Waals surface area contributed by atoms with Crippen LogP contribution in [-0.2, 0) is 6.42 Å². The molecule has 2 aliphatic heterocycles. The molecule has 1 aromatic rings. The molecular weight excluding hydrogens is 256 g/mol. The minimum absolute atomic E-state index is 0.819. The first-order valence-corrected chi connectivity index (χ1v) is 8.85. The lowest BCUT2D eigenvalue weighted by molar-refractivity contribution is 0.0579. The molecule has 2 saturated heterocycles. The standard InChI is InChI=1S/C19H30N2/c1-17-7-5-6-13-21(17)19-11-15-20(16-12-19)14-10-18-8-3-2-4-9-18/h2-4,8-9,17,19H,5-7,10-16H2,1H3/t17-/m1/s1. The Kier molecular flexibility index (Phi) is 5.32. The Morgan fingerprint density at radius 3 is 2.43 bits per heavy atom. The van der Waals surface area contributed by atoms with E-state index in [4.69, 9.17) is 0 Å². The van der Waals surface area contributed by atoms with Crippen molar-refractivity contribution >= 4 is 0 Å². The molecule has 2 fully saturated rings. The highest BCUT2D eigenvalue weighted by atomic mass is 15.2. The molecule has 0 unspecified atom stereocenters. The van der Waals surface area contributed by atoms with Gasteiger partial charge in [0, 0.05) is 18.6 Å². The molecule has 0 saturated carbocycles. The Morgan fingerprint density at radius 2 is 1.71 bits per heavy atom. The molecule has 3 rings (SSSR count). The van der Waals surface area contributed by atoms with Crippen LogP contribution in [0.3, 0.4) is 0 Å². The lowest BCUT2D eigenvalue weighted by Gasteiger charge is -2.43. The van der Waals surface area contributed by atoms with Crippen LogP contribution in [0, 0.1) is 0 Å². The number of nitrogens with zero attached hydrogens (tertiary/aromatic N) is 2. The highest BCUT2D eigenvalue weighted by molar-refractivity contribution is 5.14. The molecule has 2 aliphatic rings. The molecule has 0 amide bonds. The summed E-state index contributed by atoms with van der Waals surface area (Å²) >= 11 is 0. The van der Waals surface area contributed by atoms with Gasteiger partial charge in [0.25, 0.3) is 0 Å². The third kappa shape index (κ3) is 4.08.